The van der Waals surface area contributed by atoms with Crippen molar-refractivity contribution in [1.82, 2.24) is 0 Å². The van der Waals surface area contributed by atoms with Crippen LogP contribution in [0.25, 0.3) is 0 Å². The fourth-order valence-electron chi connectivity index (χ4n) is 0.950. The average molecular weight is 219 g/mol. The van der Waals surface area contributed by atoms with E-state index >= 15 is 0 Å². The summed E-state index contributed by atoms with van der Waals surface area (Å²) < 4.78 is 12.6. The highest BCUT2D eigenvalue weighted by Gasteiger charge is 2.15. The van der Waals surface area contributed by atoms with E-state index in [1.807, 2.05) is 0 Å². The van der Waals surface area contributed by atoms with Crippen LogP contribution in [0, 0.1) is 5.82 Å². The summed E-state index contributed by atoms with van der Waals surface area (Å²) in [6.45, 7) is 1.38. The van der Waals surface area contributed by atoms with Gasteiger partial charge in [-0.1, -0.05) is 6.07 Å². The Bertz CT molecular complexity index is 340. The van der Waals surface area contributed by atoms with Gasteiger partial charge in [0.05, 0.1) is 0 Å². The number of hydrogen-bond donors (Lipinski definition) is 1. The molecule has 0 saturated heterocycles. The summed E-state index contributed by atoms with van der Waals surface area (Å²) in [7, 11) is 0. The van der Waals surface area contributed by atoms with E-state index in [0.29, 0.717) is 10.5 Å². The first-order valence-corrected chi connectivity index (χ1v) is 4.53. The third-order valence-corrected chi connectivity index (χ3v) is 2.55. The van der Waals surface area contributed by atoms with Crippen LogP contribution >= 0.6 is 24.2 Å². The Balaban J connectivity index is 3.08. The Kier molecular flexibility index (Phi) is 3.33. The van der Waals surface area contributed by atoms with Crippen molar-refractivity contribution in [3.63, 3.8) is 0 Å². The van der Waals surface area contributed by atoms with Crippen LogP contribution in [-0.2, 0) is 4.79 Å². The van der Waals surface area contributed by atoms with E-state index in [0.717, 1.165) is 0 Å². The number of halogens is 2. The lowest BCUT2D eigenvalue weighted by Gasteiger charge is -2.08. The summed E-state index contributed by atoms with van der Waals surface area (Å²) in [5.41, 5.74) is 0.541. The van der Waals surface area contributed by atoms with Crippen LogP contribution in [0.1, 0.15) is 17.9 Å². The second-order valence-corrected chi connectivity index (χ2v) is 3.59. The highest BCUT2D eigenvalue weighted by molar-refractivity contribution is 7.80. The molecular formula is C9H8ClFOS. The number of Topliss-reactive ketones (excluding diaryl/α,β-unsaturated/α-hetero) is 1. The number of rotatable bonds is 2. The first-order chi connectivity index (χ1) is 6.02. The number of benzene rings is 1. The number of alkyl halides is 1. The van der Waals surface area contributed by atoms with E-state index in [9.17, 15) is 9.18 Å². The van der Waals surface area contributed by atoms with Gasteiger partial charge in [0, 0.05) is 4.90 Å². The van der Waals surface area contributed by atoms with Gasteiger partial charge in [0.15, 0.2) is 5.78 Å². The Hall–Kier alpha value is -0.540. The zero-order valence-corrected chi connectivity index (χ0v) is 8.57. The minimum Gasteiger partial charge on any atom is -0.298 e. The SMILES string of the molecule is CC(=O)C(Cl)c1ccc(F)cc1S. The minimum atomic E-state index is -0.743. The van der Waals surface area contributed by atoms with Crippen LogP contribution in [0.3, 0.4) is 0 Å². The van der Waals surface area contributed by atoms with Crippen molar-refractivity contribution < 1.29 is 9.18 Å². The van der Waals surface area contributed by atoms with Gasteiger partial charge in [-0.2, -0.15) is 0 Å². The van der Waals surface area contributed by atoms with Crippen LogP contribution in [-0.4, -0.2) is 5.78 Å². The number of ketones is 1. The van der Waals surface area contributed by atoms with Crippen molar-refractivity contribution in [2.45, 2.75) is 17.2 Å². The highest BCUT2D eigenvalue weighted by atomic mass is 35.5. The third-order valence-electron chi connectivity index (χ3n) is 1.62. The number of thiol groups is 1. The maximum atomic E-state index is 12.6. The molecule has 0 aromatic heterocycles. The van der Waals surface area contributed by atoms with E-state index < -0.39 is 5.38 Å². The van der Waals surface area contributed by atoms with Gasteiger partial charge >= 0.3 is 0 Å². The Morgan fingerprint density at radius 2 is 2.23 bits per heavy atom. The molecule has 0 spiro atoms. The van der Waals surface area contributed by atoms with E-state index in [2.05, 4.69) is 12.6 Å². The van der Waals surface area contributed by atoms with E-state index in [1.165, 1.54) is 25.1 Å². The molecule has 0 N–H and O–H groups in total. The minimum absolute atomic E-state index is 0.177. The van der Waals surface area contributed by atoms with Gasteiger partial charge < -0.3 is 0 Å². The molecule has 0 saturated carbocycles. The molecule has 0 heterocycles. The first-order valence-electron chi connectivity index (χ1n) is 3.65. The molecule has 0 bridgehead atoms. The van der Waals surface area contributed by atoms with Gasteiger partial charge in [-0.15, -0.1) is 24.2 Å². The van der Waals surface area contributed by atoms with Gasteiger partial charge in [0.2, 0.25) is 0 Å². The van der Waals surface area contributed by atoms with Gasteiger partial charge in [-0.3, -0.25) is 4.79 Å². The molecule has 1 aromatic rings. The Morgan fingerprint density at radius 3 is 2.69 bits per heavy atom. The van der Waals surface area contributed by atoms with E-state index in [1.54, 1.807) is 0 Å². The molecule has 0 aliphatic heterocycles. The standard InChI is InChI=1S/C9H8ClFOS/c1-5(12)9(10)7-3-2-6(11)4-8(7)13/h2-4,9,13H,1H3. The average Bonchev–Trinajstić information content (AvgIpc) is 2.03. The van der Waals surface area contributed by atoms with Crippen molar-refractivity contribution in [1.29, 1.82) is 0 Å². The molecule has 0 aliphatic rings. The summed E-state index contributed by atoms with van der Waals surface area (Å²) in [4.78, 5) is 11.3. The zero-order valence-electron chi connectivity index (χ0n) is 6.92. The summed E-state index contributed by atoms with van der Waals surface area (Å²) in [6.07, 6.45) is 0. The predicted molar refractivity (Wildman–Crippen MR) is 52.9 cm³/mol. The topological polar surface area (TPSA) is 17.1 Å². The van der Waals surface area contributed by atoms with Crippen LogP contribution in [0.2, 0.25) is 0 Å². The summed E-state index contributed by atoms with van der Waals surface area (Å²) in [5, 5.41) is -0.743. The zero-order chi connectivity index (χ0) is 10.0. The maximum Gasteiger partial charge on any atom is 0.152 e. The second-order valence-electron chi connectivity index (χ2n) is 2.68. The largest absolute Gasteiger partial charge is 0.298 e. The van der Waals surface area contributed by atoms with Gasteiger partial charge in [0.1, 0.15) is 11.2 Å². The fourth-order valence-corrected chi connectivity index (χ4v) is 1.54. The van der Waals surface area contributed by atoms with Crippen molar-refractivity contribution >= 4 is 30.0 Å². The molecule has 4 heteroatoms. The van der Waals surface area contributed by atoms with Crippen LogP contribution < -0.4 is 0 Å². The molecule has 1 aromatic carbocycles. The molecular weight excluding hydrogens is 211 g/mol. The first kappa shape index (κ1) is 10.5. The van der Waals surface area contributed by atoms with Gasteiger partial charge in [-0.05, 0) is 24.6 Å². The molecule has 1 atom stereocenters. The third kappa shape index (κ3) is 2.45. The smallest absolute Gasteiger partial charge is 0.152 e. The van der Waals surface area contributed by atoms with Crippen LogP contribution in [0.15, 0.2) is 23.1 Å². The van der Waals surface area contributed by atoms with Crippen molar-refractivity contribution in [3.8, 4) is 0 Å². The molecule has 0 aliphatic carbocycles. The molecule has 0 amide bonds. The van der Waals surface area contributed by atoms with Crippen molar-refractivity contribution in [3.05, 3.63) is 29.6 Å². The molecule has 0 fully saturated rings. The summed E-state index contributed by atoms with van der Waals surface area (Å²) in [6, 6.07) is 3.96. The van der Waals surface area contributed by atoms with E-state index in [-0.39, 0.29) is 11.6 Å². The molecule has 1 rings (SSSR count). The van der Waals surface area contributed by atoms with E-state index in [4.69, 9.17) is 11.6 Å². The predicted octanol–water partition coefficient (Wildman–Crippen LogP) is 2.98. The van der Waals surface area contributed by atoms with Gasteiger partial charge in [0.25, 0.3) is 0 Å². The Morgan fingerprint density at radius 1 is 1.62 bits per heavy atom. The summed E-state index contributed by atoms with van der Waals surface area (Å²) in [5.74, 6) is -0.565. The quantitative estimate of drug-likeness (QED) is 0.597. The lowest BCUT2D eigenvalue weighted by Crippen LogP contribution is -2.02. The second kappa shape index (κ2) is 4.11. The maximum absolute atomic E-state index is 12.6. The fraction of sp³-hybridized carbons (Fsp3) is 0.222. The highest BCUT2D eigenvalue weighted by Crippen LogP contribution is 2.27. The Labute approximate surface area is 86.3 Å². The summed E-state index contributed by atoms with van der Waals surface area (Å²) >= 11 is 9.80. The molecule has 70 valence electrons. The lowest BCUT2D eigenvalue weighted by atomic mass is 10.1. The molecule has 13 heavy (non-hydrogen) atoms. The van der Waals surface area contributed by atoms with Crippen molar-refractivity contribution in [2.24, 2.45) is 0 Å². The number of carbonyl (C=O) groups excluding carboxylic acids is 1. The monoisotopic (exact) mass is 218 g/mol. The van der Waals surface area contributed by atoms with Gasteiger partial charge in [-0.25, -0.2) is 4.39 Å². The molecule has 0 radical (unpaired) electrons. The molecule has 1 unspecified atom stereocenters. The van der Waals surface area contributed by atoms with Crippen LogP contribution in [0.4, 0.5) is 4.39 Å². The normalized spacial score (nSPS) is 12.6. The molecule has 1 nitrogen and oxygen atoms in total. The van der Waals surface area contributed by atoms with Crippen molar-refractivity contribution in [2.75, 3.05) is 0 Å². The number of hydrogen-bond acceptors (Lipinski definition) is 2. The van der Waals surface area contributed by atoms with Crippen LogP contribution in [0.5, 0.6) is 0 Å². The number of carbonyl (C=O) groups is 1. The lowest BCUT2D eigenvalue weighted by molar-refractivity contribution is -0.116.